The van der Waals surface area contributed by atoms with Crippen molar-refractivity contribution in [3.8, 4) is 0 Å². The second-order valence-electron chi connectivity index (χ2n) is 7.16. The molecule has 2 aliphatic carbocycles. The fourth-order valence-electron chi connectivity index (χ4n) is 4.57. The Morgan fingerprint density at radius 1 is 1.43 bits per heavy atom. The molecule has 1 aromatic rings. The van der Waals surface area contributed by atoms with Gasteiger partial charge in [0.15, 0.2) is 0 Å². The molecule has 21 heavy (non-hydrogen) atoms. The lowest BCUT2D eigenvalue weighted by Gasteiger charge is -2.32. The minimum atomic E-state index is 0.315. The number of likely N-dealkylation sites (N-methyl/N-ethyl adjacent to an activating group) is 1. The molecular formula is C17H30N4. The lowest BCUT2D eigenvalue weighted by molar-refractivity contribution is 0.176. The summed E-state index contributed by atoms with van der Waals surface area (Å²) in [6, 6.07) is 0.315. The summed E-state index contributed by atoms with van der Waals surface area (Å²) in [5, 5.41) is 4.46. The summed E-state index contributed by atoms with van der Waals surface area (Å²) in [7, 11) is 2.24. The van der Waals surface area contributed by atoms with E-state index in [0.29, 0.717) is 12.6 Å². The van der Waals surface area contributed by atoms with Crippen molar-refractivity contribution in [2.45, 2.75) is 51.6 Å². The molecule has 0 aromatic carbocycles. The SMILES string of the molecule is CCCn1cc(C(CN)N(C)CC2CC3CCC2C3)cn1. The van der Waals surface area contributed by atoms with Gasteiger partial charge in [-0.05, 0) is 50.5 Å². The molecule has 1 aromatic heterocycles. The molecule has 2 fully saturated rings. The minimum absolute atomic E-state index is 0.315. The maximum absolute atomic E-state index is 6.06. The van der Waals surface area contributed by atoms with Crippen molar-refractivity contribution in [1.29, 1.82) is 0 Å². The standard InChI is InChI=1S/C17H30N4/c1-3-6-21-12-16(10-19-21)17(9-18)20(2)11-15-8-13-4-5-14(15)7-13/h10,12-15,17H,3-9,11,18H2,1-2H3. The third kappa shape index (κ3) is 3.16. The molecule has 3 rings (SSSR count). The van der Waals surface area contributed by atoms with Crippen LogP contribution in [0.2, 0.25) is 0 Å². The lowest BCUT2D eigenvalue weighted by Crippen LogP contribution is -2.35. The highest BCUT2D eigenvalue weighted by molar-refractivity contribution is 5.11. The highest BCUT2D eigenvalue weighted by atomic mass is 15.3. The number of hydrogen-bond acceptors (Lipinski definition) is 3. The van der Waals surface area contributed by atoms with Gasteiger partial charge >= 0.3 is 0 Å². The van der Waals surface area contributed by atoms with E-state index in [-0.39, 0.29) is 0 Å². The largest absolute Gasteiger partial charge is 0.329 e. The van der Waals surface area contributed by atoms with Crippen LogP contribution in [0.5, 0.6) is 0 Å². The highest BCUT2D eigenvalue weighted by Crippen LogP contribution is 2.48. The first-order valence-corrected chi connectivity index (χ1v) is 8.63. The van der Waals surface area contributed by atoms with Crippen LogP contribution in [0.1, 0.15) is 50.6 Å². The van der Waals surface area contributed by atoms with E-state index in [2.05, 4.69) is 30.2 Å². The lowest BCUT2D eigenvalue weighted by atomic mass is 9.88. The fourth-order valence-corrected chi connectivity index (χ4v) is 4.57. The Labute approximate surface area is 128 Å². The van der Waals surface area contributed by atoms with Gasteiger partial charge in [-0.15, -0.1) is 0 Å². The van der Waals surface area contributed by atoms with E-state index < -0.39 is 0 Å². The Bertz CT molecular complexity index is 455. The van der Waals surface area contributed by atoms with Gasteiger partial charge in [0, 0.05) is 37.4 Å². The summed E-state index contributed by atoms with van der Waals surface area (Å²) >= 11 is 0. The van der Waals surface area contributed by atoms with E-state index in [9.17, 15) is 0 Å². The number of fused-ring (bicyclic) bond motifs is 2. The fraction of sp³-hybridized carbons (Fsp3) is 0.824. The Morgan fingerprint density at radius 3 is 2.90 bits per heavy atom. The molecular weight excluding hydrogens is 260 g/mol. The van der Waals surface area contributed by atoms with E-state index in [1.807, 2.05) is 10.9 Å². The molecule has 4 heteroatoms. The summed E-state index contributed by atoms with van der Waals surface area (Å²) in [5.74, 6) is 2.91. The minimum Gasteiger partial charge on any atom is -0.329 e. The maximum Gasteiger partial charge on any atom is 0.0538 e. The quantitative estimate of drug-likeness (QED) is 0.840. The molecule has 0 saturated heterocycles. The second-order valence-corrected chi connectivity index (χ2v) is 7.16. The number of aryl methyl sites for hydroxylation is 1. The number of nitrogens with zero attached hydrogens (tertiary/aromatic N) is 3. The van der Waals surface area contributed by atoms with Crippen molar-refractivity contribution < 1.29 is 0 Å². The average molecular weight is 290 g/mol. The Hall–Kier alpha value is -0.870. The van der Waals surface area contributed by atoms with E-state index in [0.717, 1.165) is 30.7 Å². The first kappa shape index (κ1) is 15.0. The zero-order chi connectivity index (χ0) is 14.8. The first-order chi connectivity index (χ1) is 10.2. The number of rotatable bonds is 7. The zero-order valence-electron chi connectivity index (χ0n) is 13.5. The topological polar surface area (TPSA) is 47.1 Å². The van der Waals surface area contributed by atoms with E-state index >= 15 is 0 Å². The molecule has 2 saturated carbocycles. The van der Waals surface area contributed by atoms with Gasteiger partial charge in [-0.1, -0.05) is 13.3 Å². The van der Waals surface area contributed by atoms with Crippen LogP contribution >= 0.6 is 0 Å². The Balaban J connectivity index is 1.61. The molecule has 1 heterocycles. The third-order valence-electron chi connectivity index (χ3n) is 5.65. The summed E-state index contributed by atoms with van der Waals surface area (Å²) in [5.41, 5.74) is 7.34. The van der Waals surface area contributed by atoms with Crippen molar-refractivity contribution in [1.82, 2.24) is 14.7 Å². The summed E-state index contributed by atoms with van der Waals surface area (Å²) in [4.78, 5) is 2.47. The van der Waals surface area contributed by atoms with E-state index in [1.54, 1.807) is 0 Å². The zero-order valence-corrected chi connectivity index (χ0v) is 13.5. The number of nitrogens with two attached hydrogens (primary N) is 1. The van der Waals surface area contributed by atoms with Crippen molar-refractivity contribution in [3.05, 3.63) is 18.0 Å². The Morgan fingerprint density at radius 2 is 2.29 bits per heavy atom. The molecule has 4 unspecified atom stereocenters. The van der Waals surface area contributed by atoms with Crippen LogP contribution in [0.3, 0.4) is 0 Å². The van der Waals surface area contributed by atoms with Crippen LogP contribution in [0.15, 0.2) is 12.4 Å². The first-order valence-electron chi connectivity index (χ1n) is 8.63. The van der Waals surface area contributed by atoms with Gasteiger partial charge in [0.05, 0.1) is 6.20 Å². The molecule has 2 aliphatic rings. The summed E-state index contributed by atoms with van der Waals surface area (Å²) < 4.78 is 2.05. The van der Waals surface area contributed by atoms with Gasteiger partial charge in [-0.25, -0.2) is 0 Å². The van der Waals surface area contributed by atoms with Crippen molar-refractivity contribution in [3.63, 3.8) is 0 Å². The molecule has 2 N–H and O–H groups in total. The van der Waals surface area contributed by atoms with Crippen molar-refractivity contribution >= 4 is 0 Å². The normalized spacial score (nSPS) is 29.4. The van der Waals surface area contributed by atoms with Crippen LogP contribution in [0.4, 0.5) is 0 Å². The molecule has 0 spiro atoms. The smallest absolute Gasteiger partial charge is 0.0538 e. The van der Waals surface area contributed by atoms with Gasteiger partial charge in [-0.2, -0.15) is 5.10 Å². The number of aromatic nitrogens is 2. The highest BCUT2D eigenvalue weighted by Gasteiger charge is 2.40. The molecule has 118 valence electrons. The van der Waals surface area contributed by atoms with Gasteiger partial charge < -0.3 is 5.73 Å². The van der Waals surface area contributed by atoms with E-state index in [1.165, 1.54) is 37.8 Å². The molecule has 2 bridgehead atoms. The second kappa shape index (κ2) is 6.49. The predicted octanol–water partition coefficient (Wildman–Crippen LogP) is 2.66. The van der Waals surface area contributed by atoms with Crippen molar-refractivity contribution in [2.75, 3.05) is 20.1 Å². The van der Waals surface area contributed by atoms with Crippen LogP contribution in [-0.4, -0.2) is 34.8 Å². The maximum atomic E-state index is 6.06. The van der Waals surface area contributed by atoms with Gasteiger partial charge in [0.1, 0.15) is 0 Å². The summed E-state index contributed by atoms with van der Waals surface area (Å²) in [6.45, 7) is 5.05. The molecule has 4 atom stereocenters. The molecule has 0 aliphatic heterocycles. The van der Waals surface area contributed by atoms with Crippen LogP contribution < -0.4 is 5.73 Å². The third-order valence-corrected chi connectivity index (χ3v) is 5.65. The monoisotopic (exact) mass is 290 g/mol. The van der Waals surface area contributed by atoms with Crippen molar-refractivity contribution in [2.24, 2.45) is 23.5 Å². The van der Waals surface area contributed by atoms with Gasteiger partial charge in [0.2, 0.25) is 0 Å². The average Bonchev–Trinajstić information content (AvgIpc) is 3.17. The molecule has 0 radical (unpaired) electrons. The van der Waals surface area contributed by atoms with Gasteiger partial charge in [-0.3, -0.25) is 9.58 Å². The van der Waals surface area contributed by atoms with Crippen LogP contribution in [0.25, 0.3) is 0 Å². The Kier molecular flexibility index (Phi) is 4.65. The van der Waals surface area contributed by atoms with Crippen LogP contribution in [-0.2, 0) is 6.54 Å². The van der Waals surface area contributed by atoms with Gasteiger partial charge in [0.25, 0.3) is 0 Å². The van der Waals surface area contributed by atoms with Crippen LogP contribution in [0, 0.1) is 17.8 Å². The van der Waals surface area contributed by atoms with E-state index in [4.69, 9.17) is 5.73 Å². The number of hydrogen-bond donors (Lipinski definition) is 1. The molecule has 4 nitrogen and oxygen atoms in total. The summed E-state index contributed by atoms with van der Waals surface area (Å²) in [6.07, 6.45) is 11.2. The predicted molar refractivity (Wildman–Crippen MR) is 85.9 cm³/mol. The molecule has 0 amide bonds.